The van der Waals surface area contributed by atoms with Crippen molar-refractivity contribution in [3.63, 3.8) is 0 Å². The van der Waals surface area contributed by atoms with E-state index in [1.807, 2.05) is 48.5 Å². The minimum absolute atomic E-state index is 0.0379. The lowest BCUT2D eigenvalue weighted by atomic mass is 10.1. The van der Waals surface area contributed by atoms with Crippen molar-refractivity contribution in [3.05, 3.63) is 98.4 Å². The Labute approximate surface area is 197 Å². The highest BCUT2D eigenvalue weighted by Crippen LogP contribution is 2.38. The van der Waals surface area contributed by atoms with Crippen molar-refractivity contribution in [2.45, 2.75) is 32.5 Å². The molecule has 5 rings (SSSR count). The number of fused-ring (bicyclic) bond motifs is 2. The first-order valence-corrected chi connectivity index (χ1v) is 11.3. The summed E-state index contributed by atoms with van der Waals surface area (Å²) >= 11 is 3.50. The number of carbonyl (C=O) groups is 1. The van der Waals surface area contributed by atoms with E-state index >= 15 is 0 Å². The maximum Gasteiger partial charge on any atom is 0.419 e. The van der Waals surface area contributed by atoms with E-state index < -0.39 is 18.0 Å². The Bertz CT molecular complexity index is 1360. The molecule has 3 aromatic carbocycles. The maximum absolute atomic E-state index is 12.5. The van der Waals surface area contributed by atoms with Crippen LogP contribution in [0.25, 0.3) is 11.1 Å². The van der Waals surface area contributed by atoms with Gasteiger partial charge in [-0.05, 0) is 24.3 Å². The second-order valence-corrected chi connectivity index (χ2v) is 8.54. The summed E-state index contributed by atoms with van der Waals surface area (Å²) < 4.78 is 25.0. The van der Waals surface area contributed by atoms with Gasteiger partial charge in [0, 0.05) is 27.7 Å². The van der Waals surface area contributed by atoms with Gasteiger partial charge in [0.1, 0.15) is 12.4 Å². The van der Waals surface area contributed by atoms with Crippen LogP contribution in [-0.4, -0.2) is 10.5 Å². The number of hydrogen-bond acceptors (Lipinski definition) is 6. The molecule has 1 unspecified atom stereocenters. The summed E-state index contributed by atoms with van der Waals surface area (Å²) in [6, 6.07) is 20.6. The number of benzene rings is 3. The van der Waals surface area contributed by atoms with E-state index in [4.69, 9.17) is 18.6 Å². The maximum atomic E-state index is 12.5. The Morgan fingerprint density at radius 2 is 1.88 bits per heavy atom. The molecule has 0 bridgehead atoms. The summed E-state index contributed by atoms with van der Waals surface area (Å²) in [6.07, 6.45) is -0.494. The Balaban J connectivity index is 1.27. The standard InChI is InChI=1S/C25H20BrNO6/c26-19-12-17(23-18(13-19)15-31-24(33-23)16-6-2-1-3-7-16)14-30-22(28)10-11-27-20-8-4-5-9-21(20)32-25(27)29/h1-9,12-13,24H,10-11,14-15H2. The van der Waals surface area contributed by atoms with Crippen molar-refractivity contribution in [2.75, 3.05) is 0 Å². The number of aromatic nitrogens is 1. The molecule has 8 heteroatoms. The molecule has 0 amide bonds. The highest BCUT2D eigenvalue weighted by Gasteiger charge is 2.25. The number of halogens is 1. The molecule has 7 nitrogen and oxygen atoms in total. The van der Waals surface area contributed by atoms with E-state index in [0.29, 0.717) is 23.5 Å². The van der Waals surface area contributed by atoms with E-state index in [2.05, 4.69) is 15.9 Å². The Kier molecular flexibility index (Phi) is 6.02. The van der Waals surface area contributed by atoms with Crippen LogP contribution in [0, 0.1) is 0 Å². The number of aryl methyl sites for hydroxylation is 1. The Morgan fingerprint density at radius 1 is 1.09 bits per heavy atom. The molecule has 1 aromatic heterocycles. The van der Waals surface area contributed by atoms with Crippen molar-refractivity contribution in [3.8, 4) is 5.75 Å². The van der Waals surface area contributed by atoms with E-state index in [-0.39, 0.29) is 19.6 Å². The number of rotatable bonds is 6. The van der Waals surface area contributed by atoms with E-state index in [0.717, 1.165) is 21.2 Å². The average molecular weight is 510 g/mol. The van der Waals surface area contributed by atoms with E-state index in [1.165, 1.54) is 4.57 Å². The number of hydrogen-bond donors (Lipinski definition) is 0. The quantitative estimate of drug-likeness (QED) is 0.336. The largest absolute Gasteiger partial charge is 0.461 e. The van der Waals surface area contributed by atoms with Gasteiger partial charge in [0.05, 0.1) is 18.5 Å². The molecule has 2 heterocycles. The molecule has 0 aliphatic carbocycles. The third-order valence-electron chi connectivity index (χ3n) is 5.40. The summed E-state index contributed by atoms with van der Waals surface area (Å²) in [5.74, 6) is -0.263. The zero-order valence-corrected chi connectivity index (χ0v) is 19.1. The number of ether oxygens (including phenoxy) is 3. The molecule has 0 saturated heterocycles. The van der Waals surface area contributed by atoms with Gasteiger partial charge in [-0.1, -0.05) is 58.4 Å². The van der Waals surface area contributed by atoms with Gasteiger partial charge in [-0.3, -0.25) is 9.36 Å². The topological polar surface area (TPSA) is 79.9 Å². The number of nitrogens with zero attached hydrogens (tertiary/aromatic N) is 1. The lowest BCUT2D eigenvalue weighted by Crippen LogP contribution is -2.20. The lowest BCUT2D eigenvalue weighted by Gasteiger charge is -2.28. The molecular weight excluding hydrogens is 490 g/mol. The third kappa shape index (κ3) is 4.58. The van der Waals surface area contributed by atoms with Gasteiger partial charge in [0.15, 0.2) is 5.58 Å². The second-order valence-electron chi connectivity index (χ2n) is 7.62. The van der Waals surface area contributed by atoms with Crippen LogP contribution in [0.15, 0.2) is 80.4 Å². The molecule has 0 N–H and O–H groups in total. The van der Waals surface area contributed by atoms with Gasteiger partial charge in [0.2, 0.25) is 6.29 Å². The lowest BCUT2D eigenvalue weighted by molar-refractivity contribution is -0.145. The summed E-state index contributed by atoms with van der Waals surface area (Å²) in [5, 5.41) is 0. The fraction of sp³-hybridized carbons (Fsp3) is 0.200. The summed E-state index contributed by atoms with van der Waals surface area (Å²) in [4.78, 5) is 24.5. The van der Waals surface area contributed by atoms with E-state index in [1.54, 1.807) is 18.2 Å². The molecule has 4 aromatic rings. The van der Waals surface area contributed by atoms with Gasteiger partial charge in [-0.15, -0.1) is 0 Å². The van der Waals surface area contributed by atoms with Crippen LogP contribution in [-0.2, 0) is 34.0 Å². The molecule has 1 atom stereocenters. The smallest absolute Gasteiger partial charge is 0.419 e. The molecule has 0 saturated carbocycles. The van der Waals surface area contributed by atoms with Gasteiger partial charge in [-0.2, -0.15) is 0 Å². The molecule has 0 fully saturated rings. The highest BCUT2D eigenvalue weighted by atomic mass is 79.9. The van der Waals surface area contributed by atoms with Gasteiger partial charge < -0.3 is 18.6 Å². The third-order valence-corrected chi connectivity index (χ3v) is 5.85. The molecular formula is C25H20BrNO6. The summed E-state index contributed by atoms with van der Waals surface area (Å²) in [7, 11) is 0. The van der Waals surface area contributed by atoms with Crippen LogP contribution >= 0.6 is 15.9 Å². The second kappa shape index (κ2) is 9.25. The fourth-order valence-corrected chi connectivity index (χ4v) is 4.37. The highest BCUT2D eigenvalue weighted by molar-refractivity contribution is 9.10. The van der Waals surface area contributed by atoms with Crippen molar-refractivity contribution in [2.24, 2.45) is 0 Å². The molecule has 0 spiro atoms. The molecule has 1 aliphatic rings. The first kappa shape index (κ1) is 21.5. The predicted octanol–water partition coefficient (Wildman–Crippen LogP) is 5.10. The normalized spacial score (nSPS) is 15.1. The van der Waals surface area contributed by atoms with Crippen molar-refractivity contribution in [1.29, 1.82) is 0 Å². The van der Waals surface area contributed by atoms with Crippen LogP contribution in [0.5, 0.6) is 5.75 Å². The minimum atomic E-state index is -0.532. The summed E-state index contributed by atoms with van der Waals surface area (Å²) in [5.41, 5.74) is 3.66. The average Bonchev–Trinajstić information content (AvgIpc) is 3.16. The molecule has 0 radical (unpaired) electrons. The van der Waals surface area contributed by atoms with Crippen molar-refractivity contribution < 1.29 is 23.4 Å². The first-order chi connectivity index (χ1) is 16.1. The monoisotopic (exact) mass is 509 g/mol. The Morgan fingerprint density at radius 3 is 2.73 bits per heavy atom. The minimum Gasteiger partial charge on any atom is -0.461 e. The Hall–Kier alpha value is -3.36. The zero-order valence-electron chi connectivity index (χ0n) is 17.5. The van der Waals surface area contributed by atoms with E-state index in [9.17, 15) is 9.59 Å². The van der Waals surface area contributed by atoms with Crippen LogP contribution in [0.3, 0.4) is 0 Å². The number of para-hydroxylation sites is 2. The van der Waals surface area contributed by atoms with Crippen LogP contribution in [0.1, 0.15) is 29.4 Å². The summed E-state index contributed by atoms with van der Waals surface area (Å²) in [6.45, 7) is 0.598. The first-order valence-electron chi connectivity index (χ1n) is 10.5. The number of carbonyl (C=O) groups excluding carboxylic acids is 1. The predicted molar refractivity (Wildman–Crippen MR) is 124 cm³/mol. The van der Waals surface area contributed by atoms with Gasteiger partial charge >= 0.3 is 11.7 Å². The van der Waals surface area contributed by atoms with Gasteiger partial charge in [0.25, 0.3) is 0 Å². The van der Waals surface area contributed by atoms with Crippen LogP contribution < -0.4 is 10.5 Å². The van der Waals surface area contributed by atoms with Crippen molar-refractivity contribution >= 4 is 33.0 Å². The van der Waals surface area contributed by atoms with Crippen LogP contribution in [0.2, 0.25) is 0 Å². The molecule has 168 valence electrons. The number of esters is 1. The fourth-order valence-electron chi connectivity index (χ4n) is 3.82. The zero-order chi connectivity index (χ0) is 22.8. The molecule has 1 aliphatic heterocycles. The van der Waals surface area contributed by atoms with Crippen LogP contribution in [0.4, 0.5) is 0 Å². The number of oxazole rings is 1. The van der Waals surface area contributed by atoms with Crippen molar-refractivity contribution in [1.82, 2.24) is 4.57 Å². The SMILES string of the molecule is O=C(CCn1c(=O)oc2ccccc21)OCc1cc(Br)cc2c1OC(c1ccccc1)OC2. The van der Waals surface area contributed by atoms with Gasteiger partial charge in [-0.25, -0.2) is 4.79 Å². The molecule has 33 heavy (non-hydrogen) atoms.